The summed E-state index contributed by atoms with van der Waals surface area (Å²) < 4.78 is 10.8. The fourth-order valence-corrected chi connectivity index (χ4v) is 3.84. The number of nitrogens with one attached hydrogen (secondary N) is 2. The zero-order valence-corrected chi connectivity index (χ0v) is 14.1. The summed E-state index contributed by atoms with van der Waals surface area (Å²) in [6, 6.07) is 2.78. The summed E-state index contributed by atoms with van der Waals surface area (Å²) in [6.45, 7) is 2.85. The molecule has 0 aromatic carbocycles. The molecule has 1 aliphatic heterocycles. The van der Waals surface area contributed by atoms with Gasteiger partial charge in [0, 0.05) is 17.1 Å². The highest BCUT2D eigenvalue weighted by atomic mass is 32.1. The monoisotopic (exact) mass is 358 g/mol. The van der Waals surface area contributed by atoms with Crippen LogP contribution in [0, 0.1) is 6.92 Å². The number of rotatable bonds is 3. The molecule has 0 saturated heterocycles. The van der Waals surface area contributed by atoms with Crippen LogP contribution >= 0.6 is 11.3 Å². The number of hydrogen-bond donors (Lipinski definition) is 2. The summed E-state index contributed by atoms with van der Waals surface area (Å²) in [5.74, 6) is 0.585. The summed E-state index contributed by atoms with van der Waals surface area (Å²) >= 11 is 1.44. The van der Waals surface area contributed by atoms with Gasteiger partial charge in [-0.15, -0.1) is 11.3 Å². The molecule has 0 unspecified atom stereocenters. The normalized spacial score (nSPS) is 13.5. The quantitative estimate of drug-likeness (QED) is 0.742. The van der Waals surface area contributed by atoms with E-state index in [4.69, 9.17) is 9.26 Å². The molecule has 4 rings (SSSR count). The molecule has 4 heterocycles. The number of aromatic amines is 1. The number of anilines is 1. The van der Waals surface area contributed by atoms with Crippen molar-refractivity contribution in [2.24, 2.45) is 0 Å². The van der Waals surface area contributed by atoms with Gasteiger partial charge in [0.2, 0.25) is 5.56 Å². The second-order valence-electron chi connectivity index (χ2n) is 5.55. The molecule has 0 spiro atoms. The number of ether oxygens (including phenoxy) is 1. The van der Waals surface area contributed by atoms with E-state index in [2.05, 4.69) is 20.4 Å². The van der Waals surface area contributed by atoms with Gasteiger partial charge in [-0.1, -0.05) is 5.16 Å². The minimum atomic E-state index is -0.326. The van der Waals surface area contributed by atoms with Crippen molar-refractivity contribution in [2.75, 3.05) is 11.9 Å². The van der Waals surface area contributed by atoms with Crippen molar-refractivity contribution in [3.05, 3.63) is 50.5 Å². The smallest absolute Gasteiger partial charge is 0.261 e. The van der Waals surface area contributed by atoms with Gasteiger partial charge in [0.15, 0.2) is 5.82 Å². The number of aryl methyl sites for hydroxylation is 1. The van der Waals surface area contributed by atoms with Crippen LogP contribution in [0.5, 0.6) is 0 Å². The van der Waals surface area contributed by atoms with E-state index in [9.17, 15) is 9.59 Å². The Hall–Kier alpha value is -2.78. The highest BCUT2D eigenvalue weighted by Crippen LogP contribution is 2.42. The maximum atomic E-state index is 12.5. The van der Waals surface area contributed by atoms with E-state index in [1.165, 1.54) is 29.7 Å². The van der Waals surface area contributed by atoms with E-state index < -0.39 is 0 Å². The second kappa shape index (κ2) is 6.26. The lowest BCUT2D eigenvalue weighted by molar-refractivity contribution is 0.102. The van der Waals surface area contributed by atoms with E-state index in [-0.39, 0.29) is 11.5 Å². The zero-order valence-electron chi connectivity index (χ0n) is 13.3. The molecule has 9 heteroatoms. The van der Waals surface area contributed by atoms with Crippen molar-refractivity contribution in [1.82, 2.24) is 15.1 Å². The molecule has 3 aromatic heterocycles. The van der Waals surface area contributed by atoms with Crippen LogP contribution < -0.4 is 10.9 Å². The summed E-state index contributed by atoms with van der Waals surface area (Å²) in [4.78, 5) is 31.5. The molecule has 1 aliphatic rings. The molecule has 3 aromatic rings. The molecule has 0 atom stereocenters. The lowest BCUT2D eigenvalue weighted by Gasteiger charge is -2.12. The lowest BCUT2D eigenvalue weighted by atomic mass is 10.1. The Bertz CT molecular complexity index is 983. The molecule has 0 bridgehead atoms. The Morgan fingerprint density at radius 1 is 1.40 bits per heavy atom. The molecule has 128 valence electrons. The average Bonchev–Trinajstić information content (AvgIpc) is 3.18. The van der Waals surface area contributed by atoms with Gasteiger partial charge in [-0.05, 0) is 25.0 Å². The van der Waals surface area contributed by atoms with Crippen LogP contribution in [0.25, 0.3) is 11.5 Å². The van der Waals surface area contributed by atoms with Gasteiger partial charge in [0.25, 0.3) is 11.8 Å². The number of pyridine rings is 1. The predicted molar refractivity (Wildman–Crippen MR) is 90.7 cm³/mol. The molecule has 2 N–H and O–H groups in total. The van der Waals surface area contributed by atoms with E-state index >= 15 is 0 Å². The van der Waals surface area contributed by atoms with Crippen molar-refractivity contribution in [1.29, 1.82) is 0 Å². The van der Waals surface area contributed by atoms with Gasteiger partial charge in [-0.2, -0.15) is 4.98 Å². The molecule has 0 radical (unpaired) electrons. The number of amides is 1. The van der Waals surface area contributed by atoms with Crippen molar-refractivity contribution >= 4 is 22.2 Å². The molecule has 0 saturated carbocycles. The van der Waals surface area contributed by atoms with Crippen LogP contribution in [-0.2, 0) is 17.8 Å². The topological polar surface area (TPSA) is 110 Å². The van der Waals surface area contributed by atoms with E-state index in [0.29, 0.717) is 35.5 Å². The number of thiophene rings is 1. The molecule has 0 fully saturated rings. The highest BCUT2D eigenvalue weighted by molar-refractivity contribution is 7.17. The van der Waals surface area contributed by atoms with Crippen LogP contribution in [0.15, 0.2) is 27.6 Å². The van der Waals surface area contributed by atoms with Gasteiger partial charge in [0.05, 0.1) is 24.3 Å². The van der Waals surface area contributed by atoms with Crippen LogP contribution in [0.3, 0.4) is 0 Å². The minimum Gasteiger partial charge on any atom is -0.376 e. The largest absolute Gasteiger partial charge is 0.376 e. The zero-order chi connectivity index (χ0) is 17.4. The minimum absolute atomic E-state index is 0.262. The molecule has 0 aliphatic carbocycles. The van der Waals surface area contributed by atoms with Gasteiger partial charge in [-0.25, -0.2) is 0 Å². The average molecular weight is 358 g/mol. The number of fused-ring (bicyclic) bond motifs is 1. The first kappa shape index (κ1) is 15.7. The van der Waals surface area contributed by atoms with Gasteiger partial charge in [-0.3, -0.25) is 9.59 Å². The molecular weight excluding hydrogens is 344 g/mol. The number of carbonyl (C=O) groups is 1. The SMILES string of the molecule is Cc1noc(-c2c(NC(=O)c3ccc(=O)[nH]c3)sc3c2CCOC3)n1. The van der Waals surface area contributed by atoms with E-state index in [1.54, 1.807) is 6.92 Å². The van der Waals surface area contributed by atoms with Crippen LogP contribution in [0.2, 0.25) is 0 Å². The van der Waals surface area contributed by atoms with Crippen LogP contribution in [-0.4, -0.2) is 27.6 Å². The Morgan fingerprint density at radius 3 is 3.00 bits per heavy atom. The first-order valence-corrected chi connectivity index (χ1v) is 8.46. The molecule has 1 amide bonds. The van der Waals surface area contributed by atoms with Crippen molar-refractivity contribution in [2.45, 2.75) is 20.0 Å². The number of hydrogen-bond acceptors (Lipinski definition) is 7. The Kier molecular flexibility index (Phi) is 3.94. The standard InChI is InChI=1S/C16H14N4O4S/c1-8-18-15(24-20-8)13-10-4-5-23-7-11(10)25-16(13)19-14(22)9-2-3-12(21)17-6-9/h2-3,6H,4-5,7H2,1H3,(H,17,21)(H,19,22). The maximum absolute atomic E-state index is 12.5. The third-order valence-corrected chi connectivity index (χ3v) is 4.96. The molecular formula is C16H14N4O4S. The molecule has 8 nitrogen and oxygen atoms in total. The van der Waals surface area contributed by atoms with Gasteiger partial charge < -0.3 is 19.6 Å². The van der Waals surface area contributed by atoms with Crippen molar-refractivity contribution < 1.29 is 14.1 Å². The van der Waals surface area contributed by atoms with E-state index in [0.717, 1.165) is 22.4 Å². The Morgan fingerprint density at radius 2 is 2.28 bits per heavy atom. The third kappa shape index (κ3) is 2.99. The Balaban J connectivity index is 1.73. The Labute approximate surface area is 145 Å². The number of H-pyrrole nitrogens is 1. The summed E-state index contributed by atoms with van der Waals surface area (Å²) in [6.07, 6.45) is 2.10. The van der Waals surface area contributed by atoms with Crippen molar-refractivity contribution in [3.63, 3.8) is 0 Å². The first-order chi connectivity index (χ1) is 12.1. The third-order valence-electron chi connectivity index (χ3n) is 3.84. The molecule has 25 heavy (non-hydrogen) atoms. The number of aromatic nitrogens is 3. The predicted octanol–water partition coefficient (Wildman–Crippen LogP) is 2.12. The summed E-state index contributed by atoms with van der Waals surface area (Å²) in [7, 11) is 0. The lowest BCUT2D eigenvalue weighted by Crippen LogP contribution is -2.14. The number of carbonyl (C=O) groups excluding carboxylic acids is 1. The summed E-state index contributed by atoms with van der Waals surface area (Å²) in [5.41, 5.74) is 1.91. The second-order valence-corrected chi connectivity index (χ2v) is 6.66. The van der Waals surface area contributed by atoms with E-state index in [1.807, 2.05) is 0 Å². The summed E-state index contributed by atoms with van der Waals surface area (Å²) in [5, 5.41) is 7.36. The first-order valence-electron chi connectivity index (χ1n) is 7.65. The van der Waals surface area contributed by atoms with Crippen molar-refractivity contribution in [3.8, 4) is 11.5 Å². The van der Waals surface area contributed by atoms with Gasteiger partial charge in [0.1, 0.15) is 5.00 Å². The maximum Gasteiger partial charge on any atom is 0.261 e. The van der Waals surface area contributed by atoms with Crippen LogP contribution in [0.4, 0.5) is 5.00 Å². The fraction of sp³-hybridized carbons (Fsp3) is 0.250. The van der Waals surface area contributed by atoms with Crippen LogP contribution in [0.1, 0.15) is 26.6 Å². The highest BCUT2D eigenvalue weighted by Gasteiger charge is 2.26. The number of nitrogens with zero attached hydrogens (tertiary/aromatic N) is 2. The fourth-order valence-electron chi connectivity index (χ4n) is 2.67. The van der Waals surface area contributed by atoms with Gasteiger partial charge >= 0.3 is 0 Å².